The summed E-state index contributed by atoms with van der Waals surface area (Å²) >= 11 is 3.50. The van der Waals surface area contributed by atoms with E-state index in [0.717, 1.165) is 18.3 Å². The number of aromatic nitrogens is 2. The van der Waals surface area contributed by atoms with E-state index in [4.69, 9.17) is 5.10 Å². The lowest BCUT2D eigenvalue weighted by molar-refractivity contribution is 0.523. The molecule has 0 N–H and O–H groups in total. The topological polar surface area (TPSA) is 17.8 Å². The molecule has 1 aromatic rings. The lowest BCUT2D eigenvalue weighted by atomic mass is 10.1. The van der Waals surface area contributed by atoms with Gasteiger partial charge < -0.3 is 0 Å². The van der Waals surface area contributed by atoms with Crippen molar-refractivity contribution in [3.8, 4) is 0 Å². The summed E-state index contributed by atoms with van der Waals surface area (Å²) in [6.45, 7) is 5.61. The number of nitrogens with zero attached hydrogens (tertiary/aromatic N) is 2. The second kappa shape index (κ2) is 9.60. The molecular formula is C15H27BrN2. The van der Waals surface area contributed by atoms with Crippen molar-refractivity contribution < 1.29 is 0 Å². The predicted molar refractivity (Wildman–Crippen MR) is 82.5 cm³/mol. The van der Waals surface area contributed by atoms with Crippen molar-refractivity contribution in [3.05, 3.63) is 17.5 Å². The molecule has 2 nitrogen and oxygen atoms in total. The molecule has 0 aliphatic carbocycles. The largest absolute Gasteiger partial charge is 0.269 e. The van der Waals surface area contributed by atoms with Crippen LogP contribution in [0.5, 0.6) is 0 Å². The Morgan fingerprint density at radius 3 is 2.44 bits per heavy atom. The fourth-order valence-electron chi connectivity index (χ4n) is 2.20. The summed E-state index contributed by atoms with van der Waals surface area (Å²) in [7, 11) is 0. The number of alkyl halides is 1. The maximum Gasteiger partial charge on any atom is 0.0635 e. The molecule has 3 heteroatoms. The van der Waals surface area contributed by atoms with Gasteiger partial charge in [-0.3, -0.25) is 4.68 Å². The average molecular weight is 315 g/mol. The third-order valence-electron chi connectivity index (χ3n) is 3.27. The molecule has 0 amide bonds. The lowest BCUT2D eigenvalue weighted by Crippen LogP contribution is -2.05. The first-order valence-corrected chi connectivity index (χ1v) is 8.55. The maximum atomic E-state index is 4.74. The third kappa shape index (κ3) is 5.55. The van der Waals surface area contributed by atoms with Crippen LogP contribution in [0.1, 0.15) is 63.8 Å². The summed E-state index contributed by atoms with van der Waals surface area (Å²) in [5.74, 6) is 0. The van der Waals surface area contributed by atoms with Crippen molar-refractivity contribution >= 4 is 15.9 Å². The molecule has 18 heavy (non-hydrogen) atoms. The van der Waals surface area contributed by atoms with E-state index in [2.05, 4.69) is 40.5 Å². The number of halogens is 1. The minimum Gasteiger partial charge on any atom is -0.269 e. The van der Waals surface area contributed by atoms with E-state index < -0.39 is 0 Å². The SMILES string of the molecule is CCCCCc1cc(CCBr)nn1CCCCC. The Labute approximate surface area is 120 Å². The molecular weight excluding hydrogens is 288 g/mol. The smallest absolute Gasteiger partial charge is 0.0635 e. The highest BCUT2D eigenvalue weighted by Gasteiger charge is 2.07. The second-order valence-electron chi connectivity index (χ2n) is 4.95. The van der Waals surface area contributed by atoms with Gasteiger partial charge in [0, 0.05) is 24.0 Å². The molecule has 0 atom stereocenters. The van der Waals surface area contributed by atoms with E-state index in [9.17, 15) is 0 Å². The van der Waals surface area contributed by atoms with Gasteiger partial charge in [-0.2, -0.15) is 5.10 Å². The van der Waals surface area contributed by atoms with Crippen LogP contribution in [0.2, 0.25) is 0 Å². The van der Waals surface area contributed by atoms with Gasteiger partial charge in [0.1, 0.15) is 0 Å². The first-order chi connectivity index (χ1) is 8.81. The third-order valence-corrected chi connectivity index (χ3v) is 3.67. The van der Waals surface area contributed by atoms with Crippen LogP contribution >= 0.6 is 15.9 Å². The summed E-state index contributed by atoms with van der Waals surface area (Å²) in [5.41, 5.74) is 2.69. The quantitative estimate of drug-likeness (QED) is 0.450. The summed E-state index contributed by atoms with van der Waals surface area (Å²) in [5, 5.41) is 5.74. The Morgan fingerprint density at radius 1 is 1.06 bits per heavy atom. The molecule has 0 spiro atoms. The van der Waals surface area contributed by atoms with Gasteiger partial charge in [0.15, 0.2) is 0 Å². The fraction of sp³-hybridized carbons (Fsp3) is 0.800. The van der Waals surface area contributed by atoms with Crippen LogP contribution in [0, 0.1) is 0 Å². The van der Waals surface area contributed by atoms with Crippen molar-refractivity contribution in [1.82, 2.24) is 9.78 Å². The Balaban J connectivity index is 2.58. The zero-order valence-corrected chi connectivity index (χ0v) is 13.5. The van der Waals surface area contributed by atoms with E-state index in [1.165, 1.54) is 56.3 Å². The van der Waals surface area contributed by atoms with Crippen LogP contribution in [0.25, 0.3) is 0 Å². The van der Waals surface area contributed by atoms with Gasteiger partial charge in [0.25, 0.3) is 0 Å². The maximum absolute atomic E-state index is 4.74. The van der Waals surface area contributed by atoms with Crippen LogP contribution in [0.15, 0.2) is 6.07 Å². The summed E-state index contributed by atoms with van der Waals surface area (Å²) < 4.78 is 2.25. The van der Waals surface area contributed by atoms with Crippen LogP contribution in [0.4, 0.5) is 0 Å². The van der Waals surface area contributed by atoms with Crippen LogP contribution in [-0.4, -0.2) is 15.1 Å². The van der Waals surface area contributed by atoms with Crippen molar-refractivity contribution in [2.24, 2.45) is 0 Å². The summed E-state index contributed by atoms with van der Waals surface area (Å²) in [6, 6.07) is 2.31. The highest BCUT2D eigenvalue weighted by atomic mass is 79.9. The highest BCUT2D eigenvalue weighted by molar-refractivity contribution is 9.09. The van der Waals surface area contributed by atoms with E-state index in [1.54, 1.807) is 0 Å². The lowest BCUT2D eigenvalue weighted by Gasteiger charge is -2.06. The fourth-order valence-corrected chi connectivity index (χ4v) is 2.60. The second-order valence-corrected chi connectivity index (χ2v) is 5.75. The van der Waals surface area contributed by atoms with Crippen LogP contribution < -0.4 is 0 Å². The van der Waals surface area contributed by atoms with E-state index >= 15 is 0 Å². The molecule has 1 rings (SSSR count). The molecule has 0 saturated carbocycles. The zero-order valence-electron chi connectivity index (χ0n) is 11.9. The summed E-state index contributed by atoms with van der Waals surface area (Å²) in [6.07, 6.45) is 9.99. The zero-order chi connectivity index (χ0) is 13.2. The Morgan fingerprint density at radius 2 is 1.78 bits per heavy atom. The summed E-state index contributed by atoms with van der Waals surface area (Å²) in [4.78, 5) is 0. The van der Waals surface area contributed by atoms with Crippen molar-refractivity contribution in [2.75, 3.05) is 5.33 Å². The van der Waals surface area contributed by atoms with E-state index in [1.807, 2.05) is 0 Å². The van der Waals surface area contributed by atoms with Crippen molar-refractivity contribution in [3.63, 3.8) is 0 Å². The van der Waals surface area contributed by atoms with Gasteiger partial charge in [0.2, 0.25) is 0 Å². The molecule has 0 aliphatic rings. The van der Waals surface area contributed by atoms with Gasteiger partial charge in [0.05, 0.1) is 5.69 Å². The Kier molecular flexibility index (Phi) is 8.40. The first kappa shape index (κ1) is 15.7. The van der Waals surface area contributed by atoms with Gasteiger partial charge in [-0.15, -0.1) is 0 Å². The van der Waals surface area contributed by atoms with E-state index in [0.29, 0.717) is 0 Å². The molecule has 0 aliphatic heterocycles. The molecule has 0 unspecified atom stereocenters. The molecule has 0 bridgehead atoms. The van der Waals surface area contributed by atoms with Gasteiger partial charge in [-0.25, -0.2) is 0 Å². The standard InChI is InChI=1S/C15H27BrN2/c1-3-5-7-9-15-13-14(10-11-16)17-18(15)12-8-6-4-2/h13H,3-12H2,1-2H3. The molecule has 0 aromatic carbocycles. The molecule has 0 fully saturated rings. The number of aryl methyl sites for hydroxylation is 3. The van der Waals surface area contributed by atoms with Crippen molar-refractivity contribution in [1.29, 1.82) is 0 Å². The average Bonchev–Trinajstić information content (AvgIpc) is 2.73. The van der Waals surface area contributed by atoms with Crippen LogP contribution in [-0.2, 0) is 19.4 Å². The molecule has 0 radical (unpaired) electrons. The first-order valence-electron chi connectivity index (χ1n) is 7.43. The van der Waals surface area contributed by atoms with Crippen molar-refractivity contribution in [2.45, 2.75) is 71.8 Å². The highest BCUT2D eigenvalue weighted by Crippen LogP contribution is 2.12. The van der Waals surface area contributed by atoms with Gasteiger partial charge in [-0.1, -0.05) is 55.5 Å². The Bertz CT molecular complexity index is 293. The minimum atomic E-state index is 1.01. The van der Waals surface area contributed by atoms with Gasteiger partial charge in [-0.05, 0) is 25.3 Å². The molecule has 104 valence electrons. The predicted octanol–water partition coefficient (Wildman–Crippen LogP) is 4.74. The minimum absolute atomic E-state index is 1.01. The monoisotopic (exact) mass is 314 g/mol. The molecule has 1 aromatic heterocycles. The number of hydrogen-bond donors (Lipinski definition) is 0. The number of hydrogen-bond acceptors (Lipinski definition) is 1. The molecule has 1 heterocycles. The molecule has 0 saturated heterocycles. The van der Waals surface area contributed by atoms with Gasteiger partial charge >= 0.3 is 0 Å². The number of unbranched alkanes of at least 4 members (excludes halogenated alkanes) is 4. The normalized spacial score (nSPS) is 11.1. The van der Waals surface area contributed by atoms with Crippen LogP contribution in [0.3, 0.4) is 0 Å². The Hall–Kier alpha value is -0.310. The van der Waals surface area contributed by atoms with E-state index in [-0.39, 0.29) is 0 Å². The number of rotatable bonds is 10.